The summed E-state index contributed by atoms with van der Waals surface area (Å²) in [6.45, 7) is 1.71. The number of aromatic nitrogens is 2. The lowest BCUT2D eigenvalue weighted by atomic mass is 10.3. The molecule has 1 rings (SSSR count). The van der Waals surface area contributed by atoms with Crippen LogP contribution in [0, 0.1) is 6.92 Å². The minimum atomic E-state index is 0.238. The summed E-state index contributed by atoms with van der Waals surface area (Å²) in [5.41, 5.74) is 5.69. The highest BCUT2D eigenvalue weighted by Crippen LogP contribution is 2.02. The summed E-state index contributed by atoms with van der Waals surface area (Å²) in [5.74, 6) is 0.811. The number of carbonyl (C=O) groups excluding carboxylic acids is 1. The molecule has 0 saturated carbocycles. The van der Waals surface area contributed by atoms with Crippen molar-refractivity contribution in [2.45, 2.75) is 6.92 Å². The van der Waals surface area contributed by atoms with E-state index < -0.39 is 0 Å². The Morgan fingerprint density at radius 2 is 2.40 bits per heavy atom. The van der Waals surface area contributed by atoms with Crippen LogP contribution in [0.2, 0.25) is 0 Å². The molecule has 0 fully saturated rings. The molecule has 52 valence electrons. The third-order valence-electron chi connectivity index (χ3n) is 1.10. The molecule has 0 bridgehead atoms. The monoisotopic (exact) mass is 137 g/mol. The second kappa shape index (κ2) is 2.43. The van der Waals surface area contributed by atoms with Gasteiger partial charge in [0.05, 0.1) is 5.56 Å². The van der Waals surface area contributed by atoms with Gasteiger partial charge in [-0.15, -0.1) is 0 Å². The minimum Gasteiger partial charge on any atom is -0.383 e. The Hall–Kier alpha value is -1.45. The molecular weight excluding hydrogens is 130 g/mol. The number of aldehydes is 1. The number of hydrogen-bond acceptors (Lipinski definition) is 4. The molecule has 0 spiro atoms. The first kappa shape index (κ1) is 6.67. The molecule has 10 heavy (non-hydrogen) atoms. The maximum atomic E-state index is 10.2. The van der Waals surface area contributed by atoms with Gasteiger partial charge in [0.25, 0.3) is 0 Å². The number of nitrogens with zero attached hydrogens (tertiary/aromatic N) is 2. The van der Waals surface area contributed by atoms with Crippen molar-refractivity contribution in [3.05, 3.63) is 17.6 Å². The summed E-state index contributed by atoms with van der Waals surface area (Å²) >= 11 is 0. The molecule has 4 heteroatoms. The van der Waals surface area contributed by atoms with Crippen molar-refractivity contribution >= 4 is 12.1 Å². The van der Waals surface area contributed by atoms with Crippen LogP contribution in [0.15, 0.2) is 6.20 Å². The smallest absolute Gasteiger partial charge is 0.155 e. The summed E-state index contributed by atoms with van der Waals surface area (Å²) in [6, 6.07) is 0. The van der Waals surface area contributed by atoms with Gasteiger partial charge < -0.3 is 5.73 Å². The molecule has 1 heterocycles. The lowest BCUT2D eigenvalue weighted by Crippen LogP contribution is -1.99. The molecule has 1 aromatic heterocycles. The summed E-state index contributed by atoms with van der Waals surface area (Å²) in [6.07, 6.45) is 2.04. The molecule has 0 aliphatic heterocycles. The van der Waals surface area contributed by atoms with Crippen LogP contribution in [-0.2, 0) is 0 Å². The number of anilines is 1. The highest BCUT2D eigenvalue weighted by Gasteiger charge is 1.97. The van der Waals surface area contributed by atoms with Gasteiger partial charge in [-0.2, -0.15) is 0 Å². The van der Waals surface area contributed by atoms with Crippen molar-refractivity contribution in [3.63, 3.8) is 0 Å². The molecule has 0 amide bonds. The van der Waals surface area contributed by atoms with Gasteiger partial charge in [-0.1, -0.05) is 0 Å². The van der Waals surface area contributed by atoms with E-state index in [1.54, 1.807) is 6.92 Å². The first-order chi connectivity index (χ1) is 4.74. The molecular formula is C6H7N3O. The zero-order valence-electron chi connectivity index (χ0n) is 5.53. The maximum Gasteiger partial charge on any atom is 0.155 e. The molecule has 0 aromatic carbocycles. The Kier molecular flexibility index (Phi) is 1.62. The van der Waals surface area contributed by atoms with E-state index in [2.05, 4.69) is 9.97 Å². The first-order valence-corrected chi connectivity index (χ1v) is 2.78. The minimum absolute atomic E-state index is 0.238. The zero-order valence-corrected chi connectivity index (χ0v) is 5.53. The predicted molar refractivity (Wildman–Crippen MR) is 36.6 cm³/mol. The number of hydrogen-bond donors (Lipinski definition) is 1. The molecule has 4 nitrogen and oxygen atoms in total. The van der Waals surface area contributed by atoms with Crippen LogP contribution < -0.4 is 5.73 Å². The fraction of sp³-hybridized carbons (Fsp3) is 0.167. The molecule has 0 saturated heterocycles. The van der Waals surface area contributed by atoms with E-state index >= 15 is 0 Å². The topological polar surface area (TPSA) is 68.9 Å². The summed E-state index contributed by atoms with van der Waals surface area (Å²) < 4.78 is 0. The van der Waals surface area contributed by atoms with E-state index in [0.29, 0.717) is 17.7 Å². The Balaban J connectivity index is 3.19. The van der Waals surface area contributed by atoms with Gasteiger partial charge in [-0.3, -0.25) is 4.79 Å². The average Bonchev–Trinajstić information content (AvgIpc) is 1.88. The van der Waals surface area contributed by atoms with E-state index in [0.717, 1.165) is 0 Å². The van der Waals surface area contributed by atoms with Gasteiger partial charge >= 0.3 is 0 Å². The molecule has 1 aromatic rings. The van der Waals surface area contributed by atoms with Crippen molar-refractivity contribution in [1.29, 1.82) is 0 Å². The number of aryl methyl sites for hydroxylation is 1. The fourth-order valence-corrected chi connectivity index (χ4v) is 0.588. The highest BCUT2D eigenvalue weighted by molar-refractivity contribution is 5.80. The molecule has 2 N–H and O–H groups in total. The van der Waals surface area contributed by atoms with Crippen LogP contribution in [-0.4, -0.2) is 16.3 Å². The fourth-order valence-electron chi connectivity index (χ4n) is 0.588. The third kappa shape index (κ3) is 1.10. The third-order valence-corrected chi connectivity index (χ3v) is 1.10. The SMILES string of the molecule is Cc1ncc(C=O)c(N)n1. The largest absolute Gasteiger partial charge is 0.383 e. The molecule has 0 aliphatic carbocycles. The van der Waals surface area contributed by atoms with E-state index in [1.807, 2.05) is 0 Å². The first-order valence-electron chi connectivity index (χ1n) is 2.78. The van der Waals surface area contributed by atoms with Gasteiger partial charge in [0.1, 0.15) is 11.6 Å². The van der Waals surface area contributed by atoms with E-state index in [1.165, 1.54) is 6.20 Å². The zero-order chi connectivity index (χ0) is 7.56. The van der Waals surface area contributed by atoms with Gasteiger partial charge in [-0.05, 0) is 6.92 Å². The number of rotatable bonds is 1. The Bertz CT molecular complexity index is 259. The van der Waals surface area contributed by atoms with E-state index in [-0.39, 0.29) is 5.82 Å². The lowest BCUT2D eigenvalue weighted by Gasteiger charge is -1.95. The molecule has 0 atom stereocenters. The van der Waals surface area contributed by atoms with Crippen LogP contribution in [0.4, 0.5) is 5.82 Å². The van der Waals surface area contributed by atoms with Gasteiger partial charge in [0, 0.05) is 6.20 Å². The second-order valence-electron chi connectivity index (χ2n) is 1.88. The molecule has 0 radical (unpaired) electrons. The second-order valence-corrected chi connectivity index (χ2v) is 1.88. The van der Waals surface area contributed by atoms with Crippen molar-refractivity contribution in [3.8, 4) is 0 Å². The van der Waals surface area contributed by atoms with Crippen LogP contribution in [0.5, 0.6) is 0 Å². The number of carbonyl (C=O) groups is 1. The molecule has 0 unspecified atom stereocenters. The van der Waals surface area contributed by atoms with E-state index in [4.69, 9.17) is 5.73 Å². The predicted octanol–water partition coefficient (Wildman–Crippen LogP) is 0.180. The van der Waals surface area contributed by atoms with E-state index in [9.17, 15) is 4.79 Å². The molecule has 0 aliphatic rings. The van der Waals surface area contributed by atoms with Crippen LogP contribution in [0.1, 0.15) is 16.2 Å². The van der Waals surface area contributed by atoms with Gasteiger partial charge in [-0.25, -0.2) is 9.97 Å². The summed E-state index contributed by atoms with van der Waals surface area (Å²) in [7, 11) is 0. The standard InChI is InChI=1S/C6H7N3O/c1-4-8-2-5(3-10)6(7)9-4/h2-3H,1H3,(H2,7,8,9). The van der Waals surface area contributed by atoms with Crippen LogP contribution in [0.3, 0.4) is 0 Å². The Morgan fingerprint density at radius 1 is 1.70 bits per heavy atom. The van der Waals surface area contributed by atoms with Crippen molar-refractivity contribution in [1.82, 2.24) is 9.97 Å². The summed E-state index contributed by atoms with van der Waals surface area (Å²) in [4.78, 5) is 17.7. The van der Waals surface area contributed by atoms with Crippen molar-refractivity contribution in [2.24, 2.45) is 0 Å². The quantitative estimate of drug-likeness (QED) is 0.560. The van der Waals surface area contributed by atoms with Gasteiger partial charge in [0.2, 0.25) is 0 Å². The number of nitrogen functional groups attached to an aromatic ring is 1. The highest BCUT2D eigenvalue weighted by atomic mass is 16.1. The lowest BCUT2D eigenvalue weighted by molar-refractivity contribution is 0.112. The van der Waals surface area contributed by atoms with Crippen molar-refractivity contribution < 1.29 is 4.79 Å². The average molecular weight is 137 g/mol. The van der Waals surface area contributed by atoms with Crippen LogP contribution in [0.25, 0.3) is 0 Å². The maximum absolute atomic E-state index is 10.2. The Morgan fingerprint density at radius 3 is 2.90 bits per heavy atom. The van der Waals surface area contributed by atoms with Gasteiger partial charge in [0.15, 0.2) is 6.29 Å². The number of nitrogens with two attached hydrogens (primary N) is 1. The van der Waals surface area contributed by atoms with Crippen LogP contribution >= 0.6 is 0 Å². The Labute approximate surface area is 58.1 Å². The normalized spacial score (nSPS) is 9.30. The van der Waals surface area contributed by atoms with Crippen molar-refractivity contribution in [2.75, 3.05) is 5.73 Å². The summed E-state index contributed by atoms with van der Waals surface area (Å²) in [5, 5.41) is 0.